The van der Waals surface area contributed by atoms with Gasteiger partial charge in [0.05, 0.1) is 23.5 Å². The molecule has 0 aliphatic heterocycles. The molecule has 0 spiro atoms. The smallest absolute Gasteiger partial charge is 0.406 e. The molecule has 1 aromatic carbocycles. The van der Waals surface area contributed by atoms with Crippen LogP contribution in [-0.2, 0) is 10.0 Å². The Kier molecular flexibility index (Phi) is 6.49. The van der Waals surface area contributed by atoms with Crippen LogP contribution >= 0.6 is 0 Å². The molecular formula is C22H24F3N5O4S. The normalized spacial score (nSPS) is 15.3. The molecule has 1 aliphatic carbocycles. The lowest BCUT2D eigenvalue weighted by Crippen LogP contribution is -2.30. The van der Waals surface area contributed by atoms with Crippen LogP contribution in [0.15, 0.2) is 35.5 Å². The minimum Gasteiger partial charge on any atom is -0.406 e. The molecule has 4 rings (SSSR count). The Hall–Kier alpha value is -3.19. The molecular weight excluding hydrogens is 487 g/mol. The number of carbonyl (C=O) groups is 1. The number of fused-ring (bicyclic) bond motifs is 1. The third-order valence-electron chi connectivity index (χ3n) is 5.69. The molecule has 1 fully saturated rings. The van der Waals surface area contributed by atoms with Crippen LogP contribution in [0.3, 0.4) is 0 Å². The number of ether oxygens (including phenoxy) is 1. The van der Waals surface area contributed by atoms with Crippen molar-refractivity contribution < 1.29 is 31.1 Å². The second kappa shape index (κ2) is 9.11. The molecule has 13 heteroatoms. The molecule has 3 aromatic rings. The fourth-order valence-electron chi connectivity index (χ4n) is 4.45. The molecule has 1 aliphatic rings. The van der Waals surface area contributed by atoms with E-state index in [0.717, 1.165) is 44.1 Å². The van der Waals surface area contributed by atoms with Crippen molar-refractivity contribution in [2.75, 3.05) is 0 Å². The molecule has 1 amide bonds. The second-order valence-electron chi connectivity index (χ2n) is 8.64. The van der Waals surface area contributed by atoms with E-state index in [9.17, 15) is 26.4 Å². The number of aromatic nitrogens is 3. The summed E-state index contributed by atoms with van der Waals surface area (Å²) in [5, 5.41) is 0.329. The van der Waals surface area contributed by atoms with Crippen molar-refractivity contribution in [1.82, 2.24) is 19.3 Å². The first-order chi connectivity index (χ1) is 16.4. The first-order valence-corrected chi connectivity index (χ1v) is 12.4. The Bertz CT molecular complexity index is 1360. The summed E-state index contributed by atoms with van der Waals surface area (Å²) in [6.45, 7) is 3.34. The number of hydrogen-bond acceptors (Lipinski definition) is 6. The predicted molar refractivity (Wildman–Crippen MR) is 121 cm³/mol. The predicted octanol–water partition coefficient (Wildman–Crippen LogP) is 3.90. The lowest BCUT2D eigenvalue weighted by Gasteiger charge is -2.18. The van der Waals surface area contributed by atoms with Gasteiger partial charge >= 0.3 is 6.36 Å². The highest BCUT2D eigenvalue weighted by Crippen LogP contribution is 2.42. The van der Waals surface area contributed by atoms with Gasteiger partial charge in [-0.1, -0.05) is 12.8 Å². The van der Waals surface area contributed by atoms with Gasteiger partial charge in [0.15, 0.2) is 5.82 Å². The Morgan fingerprint density at radius 1 is 1.20 bits per heavy atom. The summed E-state index contributed by atoms with van der Waals surface area (Å²) >= 11 is 0. The SMILES string of the molecule is CC(C)NS(=O)(=O)c1cnc(-c2c(C(N)=O)c3ccc(OC(F)(F)F)cc3n2C2CCCC2)nc1. The van der Waals surface area contributed by atoms with E-state index >= 15 is 0 Å². The largest absolute Gasteiger partial charge is 0.573 e. The molecule has 3 N–H and O–H groups in total. The topological polar surface area (TPSA) is 129 Å². The number of sulfonamides is 1. The van der Waals surface area contributed by atoms with Gasteiger partial charge in [0.1, 0.15) is 16.3 Å². The van der Waals surface area contributed by atoms with Gasteiger partial charge in [-0.2, -0.15) is 0 Å². The summed E-state index contributed by atoms with van der Waals surface area (Å²) in [5.41, 5.74) is 6.29. The summed E-state index contributed by atoms with van der Waals surface area (Å²) in [4.78, 5) is 20.8. The van der Waals surface area contributed by atoms with Crippen LogP contribution in [0.1, 0.15) is 55.9 Å². The van der Waals surface area contributed by atoms with E-state index in [4.69, 9.17) is 5.73 Å². The highest BCUT2D eigenvalue weighted by Gasteiger charge is 2.33. The number of primary amides is 1. The van der Waals surface area contributed by atoms with Crippen molar-refractivity contribution in [2.45, 2.75) is 62.9 Å². The molecule has 2 aromatic heterocycles. The summed E-state index contributed by atoms with van der Waals surface area (Å²) in [6.07, 6.45) is 0.594. The molecule has 188 valence electrons. The van der Waals surface area contributed by atoms with E-state index < -0.39 is 28.0 Å². The Morgan fingerprint density at radius 3 is 2.37 bits per heavy atom. The van der Waals surface area contributed by atoms with E-state index in [1.807, 2.05) is 0 Å². The minimum absolute atomic E-state index is 0.0312. The van der Waals surface area contributed by atoms with Crippen LogP contribution < -0.4 is 15.2 Å². The summed E-state index contributed by atoms with van der Waals surface area (Å²) in [5.74, 6) is -1.22. The maximum absolute atomic E-state index is 12.9. The Labute approximate surface area is 199 Å². The van der Waals surface area contributed by atoms with Crippen LogP contribution in [0.4, 0.5) is 13.2 Å². The van der Waals surface area contributed by atoms with Crippen molar-refractivity contribution in [3.05, 3.63) is 36.2 Å². The van der Waals surface area contributed by atoms with Gasteiger partial charge in [0.25, 0.3) is 5.91 Å². The number of nitrogens with zero attached hydrogens (tertiary/aromatic N) is 3. The maximum atomic E-state index is 12.9. The van der Waals surface area contributed by atoms with Crippen LogP contribution in [0.25, 0.3) is 22.4 Å². The van der Waals surface area contributed by atoms with Gasteiger partial charge in [-0.05, 0) is 38.8 Å². The van der Waals surface area contributed by atoms with E-state index in [1.54, 1.807) is 18.4 Å². The second-order valence-corrected chi connectivity index (χ2v) is 10.4. The molecule has 9 nitrogen and oxygen atoms in total. The third-order valence-corrected chi connectivity index (χ3v) is 7.30. The summed E-state index contributed by atoms with van der Waals surface area (Å²) < 4.78 is 71.7. The van der Waals surface area contributed by atoms with Gasteiger partial charge in [0.2, 0.25) is 10.0 Å². The fraction of sp³-hybridized carbons (Fsp3) is 0.409. The number of carbonyl (C=O) groups excluding carboxylic acids is 1. The number of benzene rings is 1. The highest BCUT2D eigenvalue weighted by atomic mass is 32.2. The van der Waals surface area contributed by atoms with Crippen molar-refractivity contribution >= 4 is 26.8 Å². The Balaban J connectivity index is 1.93. The molecule has 0 saturated heterocycles. The van der Waals surface area contributed by atoms with Crippen LogP contribution in [0.5, 0.6) is 5.75 Å². The number of rotatable bonds is 7. The number of halogens is 3. The molecule has 0 bridgehead atoms. The molecule has 0 unspecified atom stereocenters. The fourth-order valence-corrected chi connectivity index (χ4v) is 5.59. The lowest BCUT2D eigenvalue weighted by atomic mass is 10.1. The van der Waals surface area contributed by atoms with Gasteiger partial charge in [-0.25, -0.2) is 23.1 Å². The quantitative estimate of drug-likeness (QED) is 0.495. The van der Waals surface area contributed by atoms with Crippen LogP contribution in [-0.4, -0.2) is 41.3 Å². The highest BCUT2D eigenvalue weighted by molar-refractivity contribution is 7.89. The summed E-state index contributed by atoms with van der Waals surface area (Å²) in [6, 6.07) is 3.17. The zero-order valence-corrected chi connectivity index (χ0v) is 19.8. The van der Waals surface area contributed by atoms with Gasteiger partial charge in [0, 0.05) is 23.5 Å². The van der Waals surface area contributed by atoms with Gasteiger partial charge in [-0.3, -0.25) is 4.79 Å². The molecule has 1 saturated carbocycles. The molecule has 0 radical (unpaired) electrons. The number of alkyl halides is 3. The molecule has 0 atom stereocenters. The number of nitrogens with one attached hydrogen (secondary N) is 1. The zero-order valence-electron chi connectivity index (χ0n) is 19.0. The average molecular weight is 512 g/mol. The first kappa shape index (κ1) is 24.9. The monoisotopic (exact) mass is 511 g/mol. The third kappa shape index (κ3) is 5.10. The van der Waals surface area contributed by atoms with Crippen LogP contribution in [0, 0.1) is 0 Å². The average Bonchev–Trinajstić information content (AvgIpc) is 3.37. The van der Waals surface area contributed by atoms with E-state index in [-0.39, 0.29) is 34.1 Å². The standard InChI is InChI=1S/C22H24F3N5O4S/c1-12(2)29-35(32,33)15-10-27-21(28-11-15)19-18(20(26)31)16-8-7-14(34-22(23,24)25)9-17(16)30(19)13-5-3-4-6-13/h7-13,29H,3-6H2,1-2H3,(H2,26,31). The molecule has 2 heterocycles. The van der Waals surface area contributed by atoms with Crippen molar-refractivity contribution in [1.29, 1.82) is 0 Å². The van der Waals surface area contributed by atoms with Crippen molar-refractivity contribution in [3.8, 4) is 17.3 Å². The van der Waals surface area contributed by atoms with E-state index in [1.165, 1.54) is 12.1 Å². The summed E-state index contributed by atoms with van der Waals surface area (Å²) in [7, 11) is -3.85. The van der Waals surface area contributed by atoms with E-state index in [0.29, 0.717) is 10.9 Å². The number of amides is 1. The first-order valence-electron chi connectivity index (χ1n) is 11.0. The zero-order chi connectivity index (χ0) is 25.5. The van der Waals surface area contributed by atoms with Crippen molar-refractivity contribution in [3.63, 3.8) is 0 Å². The minimum atomic E-state index is -4.89. The van der Waals surface area contributed by atoms with Gasteiger partial charge < -0.3 is 15.0 Å². The van der Waals surface area contributed by atoms with Crippen molar-refractivity contribution in [2.24, 2.45) is 5.73 Å². The maximum Gasteiger partial charge on any atom is 0.573 e. The number of nitrogens with two attached hydrogens (primary N) is 1. The van der Waals surface area contributed by atoms with E-state index in [2.05, 4.69) is 19.4 Å². The Morgan fingerprint density at radius 2 is 1.83 bits per heavy atom. The van der Waals surface area contributed by atoms with Crippen LogP contribution in [0.2, 0.25) is 0 Å². The molecule has 35 heavy (non-hydrogen) atoms. The van der Waals surface area contributed by atoms with Gasteiger partial charge in [-0.15, -0.1) is 13.2 Å². The number of hydrogen-bond donors (Lipinski definition) is 2. The lowest BCUT2D eigenvalue weighted by molar-refractivity contribution is -0.274.